The zero-order valence-corrected chi connectivity index (χ0v) is 10.7. The first-order valence-electron chi connectivity index (χ1n) is 5.83. The van der Waals surface area contributed by atoms with Crippen molar-refractivity contribution in [2.75, 3.05) is 37.4 Å². The number of hydrogen-bond donors (Lipinski definition) is 2. The molecule has 3 N–H and O–H groups in total. The van der Waals surface area contributed by atoms with Gasteiger partial charge in [0.1, 0.15) is 11.4 Å². The van der Waals surface area contributed by atoms with Gasteiger partial charge in [-0.05, 0) is 19.4 Å². The molecule has 0 aliphatic rings. The number of nitrogen functional groups attached to an aromatic ring is 1. The first kappa shape index (κ1) is 14.2. The molecule has 1 rings (SSSR count). The Morgan fingerprint density at radius 2 is 2.33 bits per heavy atom. The lowest BCUT2D eigenvalue weighted by molar-refractivity contribution is 0.0601. The lowest BCUT2D eigenvalue weighted by Gasteiger charge is -2.23. The van der Waals surface area contributed by atoms with E-state index in [1.165, 1.54) is 13.3 Å². The van der Waals surface area contributed by atoms with Gasteiger partial charge in [-0.25, -0.2) is 9.78 Å². The number of nitrogens with two attached hydrogens (primary N) is 1. The molecule has 0 aliphatic carbocycles. The van der Waals surface area contributed by atoms with Crippen LogP contribution < -0.4 is 10.6 Å². The summed E-state index contributed by atoms with van der Waals surface area (Å²) in [6.45, 7) is 3.35. The summed E-state index contributed by atoms with van der Waals surface area (Å²) in [7, 11) is 1.32. The van der Waals surface area contributed by atoms with Crippen molar-refractivity contribution in [1.29, 1.82) is 0 Å². The van der Waals surface area contributed by atoms with Gasteiger partial charge in [-0.15, -0.1) is 0 Å². The lowest BCUT2D eigenvalue weighted by Crippen LogP contribution is -2.28. The molecule has 0 radical (unpaired) electrons. The molecule has 18 heavy (non-hydrogen) atoms. The predicted octanol–water partition coefficient (Wildman–Crippen LogP) is 0.659. The Bertz CT molecular complexity index is 410. The molecule has 0 spiro atoms. The van der Waals surface area contributed by atoms with Crippen molar-refractivity contribution in [1.82, 2.24) is 4.98 Å². The van der Waals surface area contributed by atoms with Crippen LogP contribution in [0.4, 0.5) is 11.5 Å². The Morgan fingerprint density at radius 3 is 2.89 bits per heavy atom. The minimum atomic E-state index is -0.466. The topological polar surface area (TPSA) is 88.7 Å². The van der Waals surface area contributed by atoms with Crippen LogP contribution in [0.1, 0.15) is 23.7 Å². The summed E-state index contributed by atoms with van der Waals surface area (Å²) in [4.78, 5) is 17.8. The second-order valence-electron chi connectivity index (χ2n) is 3.79. The van der Waals surface area contributed by atoms with Gasteiger partial charge >= 0.3 is 5.97 Å². The average molecular weight is 253 g/mol. The van der Waals surface area contributed by atoms with Gasteiger partial charge in [-0.1, -0.05) is 0 Å². The van der Waals surface area contributed by atoms with Crippen LogP contribution >= 0.6 is 0 Å². The Hall–Kier alpha value is -1.82. The monoisotopic (exact) mass is 253 g/mol. The van der Waals surface area contributed by atoms with Gasteiger partial charge in [0.15, 0.2) is 0 Å². The molecule has 1 heterocycles. The number of aromatic nitrogens is 1. The van der Waals surface area contributed by atoms with E-state index in [-0.39, 0.29) is 6.61 Å². The molecule has 6 nitrogen and oxygen atoms in total. The minimum Gasteiger partial charge on any atom is -0.465 e. The molecule has 0 atom stereocenters. The van der Waals surface area contributed by atoms with E-state index < -0.39 is 5.97 Å². The number of esters is 1. The average Bonchev–Trinajstić information content (AvgIpc) is 2.39. The van der Waals surface area contributed by atoms with Crippen molar-refractivity contribution in [2.45, 2.75) is 13.3 Å². The van der Waals surface area contributed by atoms with Crippen LogP contribution in [0.2, 0.25) is 0 Å². The number of anilines is 2. The van der Waals surface area contributed by atoms with Gasteiger partial charge in [0.25, 0.3) is 0 Å². The lowest BCUT2D eigenvalue weighted by atomic mass is 10.2. The van der Waals surface area contributed by atoms with Crippen molar-refractivity contribution >= 4 is 17.5 Å². The summed E-state index contributed by atoms with van der Waals surface area (Å²) in [5.41, 5.74) is 6.39. The van der Waals surface area contributed by atoms with Gasteiger partial charge in [0.2, 0.25) is 0 Å². The summed E-state index contributed by atoms with van der Waals surface area (Å²) in [6, 6.07) is 1.55. The molecule has 0 unspecified atom stereocenters. The van der Waals surface area contributed by atoms with Crippen LogP contribution in [-0.4, -0.2) is 42.9 Å². The molecule has 0 bridgehead atoms. The summed E-state index contributed by atoms with van der Waals surface area (Å²) in [5, 5.41) is 8.87. The highest BCUT2D eigenvalue weighted by Crippen LogP contribution is 2.21. The van der Waals surface area contributed by atoms with Gasteiger partial charge in [-0.3, -0.25) is 0 Å². The van der Waals surface area contributed by atoms with E-state index in [1.54, 1.807) is 6.07 Å². The molecule has 0 saturated carbocycles. The number of ether oxygens (including phenoxy) is 1. The van der Waals surface area contributed by atoms with E-state index in [9.17, 15) is 4.79 Å². The Labute approximate surface area is 106 Å². The first-order valence-corrected chi connectivity index (χ1v) is 5.83. The third-order valence-corrected chi connectivity index (χ3v) is 2.56. The molecule has 0 amide bonds. The van der Waals surface area contributed by atoms with E-state index in [1.807, 2.05) is 11.8 Å². The number of nitrogens with zero attached hydrogens (tertiary/aromatic N) is 2. The molecule has 100 valence electrons. The van der Waals surface area contributed by atoms with E-state index in [4.69, 9.17) is 15.6 Å². The number of hydrogen-bond acceptors (Lipinski definition) is 6. The normalized spacial score (nSPS) is 10.2. The molecule has 0 aromatic carbocycles. The third kappa shape index (κ3) is 3.33. The number of carbonyl (C=O) groups excluding carboxylic acids is 1. The van der Waals surface area contributed by atoms with E-state index >= 15 is 0 Å². The molecule has 0 aliphatic heterocycles. The van der Waals surface area contributed by atoms with Crippen LogP contribution in [0.25, 0.3) is 0 Å². The second-order valence-corrected chi connectivity index (χ2v) is 3.79. The maximum Gasteiger partial charge on any atom is 0.341 e. The van der Waals surface area contributed by atoms with Crippen molar-refractivity contribution in [2.24, 2.45) is 0 Å². The number of aliphatic hydroxyl groups is 1. The molecular weight excluding hydrogens is 234 g/mol. The van der Waals surface area contributed by atoms with Gasteiger partial charge in [0.05, 0.1) is 19.0 Å². The van der Waals surface area contributed by atoms with E-state index in [0.717, 1.165) is 0 Å². The minimum absolute atomic E-state index is 0.0963. The molecule has 6 heteroatoms. The van der Waals surface area contributed by atoms with Gasteiger partial charge < -0.3 is 20.5 Å². The highest BCUT2D eigenvalue weighted by atomic mass is 16.5. The molecular formula is C12H19N3O3. The highest BCUT2D eigenvalue weighted by Gasteiger charge is 2.18. The summed E-state index contributed by atoms with van der Waals surface area (Å²) >= 11 is 0. The first-order chi connectivity index (χ1) is 8.63. The van der Waals surface area contributed by atoms with Crippen LogP contribution in [-0.2, 0) is 4.74 Å². The molecule has 0 fully saturated rings. The van der Waals surface area contributed by atoms with Crippen LogP contribution in [0.3, 0.4) is 0 Å². The Morgan fingerprint density at radius 1 is 1.61 bits per heavy atom. The Kier molecular flexibility index (Phi) is 5.38. The standard InChI is InChI=1S/C12H19N3O3/c1-3-15(5-4-6-16)11-10(12(17)18-2)7-9(13)8-14-11/h7-8,16H,3-6,13H2,1-2H3. The maximum atomic E-state index is 11.7. The molecule has 1 aromatic rings. The molecule has 0 saturated heterocycles. The number of methoxy groups -OCH3 is 1. The number of carbonyl (C=O) groups is 1. The zero-order valence-electron chi connectivity index (χ0n) is 10.7. The third-order valence-electron chi connectivity index (χ3n) is 2.56. The van der Waals surface area contributed by atoms with Crippen molar-refractivity contribution in [3.8, 4) is 0 Å². The smallest absolute Gasteiger partial charge is 0.341 e. The summed E-state index contributed by atoms with van der Waals surface area (Å²) in [5.74, 6) is 0.0687. The van der Waals surface area contributed by atoms with Crippen molar-refractivity contribution < 1.29 is 14.6 Å². The fourth-order valence-electron chi connectivity index (χ4n) is 1.66. The van der Waals surface area contributed by atoms with E-state index in [2.05, 4.69) is 4.98 Å². The Balaban J connectivity index is 3.08. The number of rotatable bonds is 6. The van der Waals surface area contributed by atoms with Crippen LogP contribution in [0, 0.1) is 0 Å². The summed E-state index contributed by atoms with van der Waals surface area (Å²) < 4.78 is 4.72. The second kappa shape index (κ2) is 6.80. The van der Waals surface area contributed by atoms with Crippen LogP contribution in [0.5, 0.6) is 0 Å². The zero-order chi connectivity index (χ0) is 13.5. The number of pyridine rings is 1. The highest BCUT2D eigenvalue weighted by molar-refractivity contribution is 5.95. The van der Waals surface area contributed by atoms with E-state index in [0.29, 0.717) is 36.6 Å². The van der Waals surface area contributed by atoms with Gasteiger partial charge in [-0.2, -0.15) is 0 Å². The summed E-state index contributed by atoms with van der Waals surface area (Å²) in [6.07, 6.45) is 2.11. The largest absolute Gasteiger partial charge is 0.465 e. The maximum absolute atomic E-state index is 11.7. The fraction of sp³-hybridized carbons (Fsp3) is 0.500. The van der Waals surface area contributed by atoms with Crippen LogP contribution in [0.15, 0.2) is 12.3 Å². The SMILES string of the molecule is CCN(CCCO)c1ncc(N)cc1C(=O)OC. The predicted molar refractivity (Wildman–Crippen MR) is 69.6 cm³/mol. The van der Waals surface area contributed by atoms with Gasteiger partial charge in [0, 0.05) is 19.7 Å². The number of aliphatic hydroxyl groups excluding tert-OH is 1. The quantitative estimate of drug-likeness (QED) is 0.724. The fourth-order valence-corrected chi connectivity index (χ4v) is 1.66. The van der Waals surface area contributed by atoms with Crippen molar-refractivity contribution in [3.63, 3.8) is 0 Å². The van der Waals surface area contributed by atoms with Crippen molar-refractivity contribution in [3.05, 3.63) is 17.8 Å². The molecule has 1 aromatic heterocycles.